The van der Waals surface area contributed by atoms with Gasteiger partial charge in [-0.3, -0.25) is 10.1 Å². The number of carbonyl (C=O) groups excluding carboxylic acids is 1. The Bertz CT molecular complexity index is 961. The molecule has 0 N–H and O–H groups in total. The van der Waals surface area contributed by atoms with E-state index in [1.165, 1.54) is 17.7 Å². The zero-order valence-corrected chi connectivity index (χ0v) is 15.2. The van der Waals surface area contributed by atoms with Crippen molar-refractivity contribution in [3.63, 3.8) is 0 Å². The van der Waals surface area contributed by atoms with Crippen molar-refractivity contribution in [1.29, 1.82) is 0 Å². The number of oxime groups is 1. The number of likely N-dealkylation sites (tertiary alicyclic amines) is 1. The van der Waals surface area contributed by atoms with Gasteiger partial charge in [0.05, 0.1) is 4.92 Å². The minimum absolute atomic E-state index is 0.0532. The Labute approximate surface area is 162 Å². The third kappa shape index (κ3) is 3.64. The van der Waals surface area contributed by atoms with Crippen LogP contribution in [0.2, 0.25) is 0 Å². The van der Waals surface area contributed by atoms with Gasteiger partial charge < -0.3 is 9.74 Å². The first-order valence-electron chi connectivity index (χ1n) is 9.17. The molecular formula is C21H19N3O4. The van der Waals surface area contributed by atoms with Crippen molar-refractivity contribution in [2.75, 3.05) is 13.1 Å². The summed E-state index contributed by atoms with van der Waals surface area (Å²) in [4.78, 5) is 29.7. The molecule has 0 spiro atoms. The molecule has 0 aliphatic carbocycles. The molecule has 0 bridgehead atoms. The molecule has 1 fully saturated rings. The number of benzene rings is 2. The standard InChI is InChI=1S/C21H19N3O4/c25-21-19(20(22-28-21)17-7-4-8-18(13-17)24(26)27)14-23-11-9-16(10-12-23)15-5-2-1-3-6-15/h1-8,13-14,16H,9-12H2/b19-14-. The third-order valence-corrected chi connectivity index (χ3v) is 5.14. The van der Waals surface area contributed by atoms with Crippen LogP contribution >= 0.6 is 0 Å². The Morgan fingerprint density at radius 3 is 2.57 bits per heavy atom. The second-order valence-corrected chi connectivity index (χ2v) is 6.89. The summed E-state index contributed by atoms with van der Waals surface area (Å²) in [5.74, 6) is -0.0250. The lowest BCUT2D eigenvalue weighted by Crippen LogP contribution is -2.30. The fourth-order valence-electron chi connectivity index (χ4n) is 3.64. The Hall–Kier alpha value is -3.48. The maximum Gasteiger partial charge on any atom is 0.369 e. The minimum Gasteiger partial charge on any atom is -0.377 e. The van der Waals surface area contributed by atoms with Gasteiger partial charge in [-0.2, -0.15) is 0 Å². The zero-order chi connectivity index (χ0) is 19.5. The molecule has 1 saturated heterocycles. The number of nitro benzene ring substituents is 1. The van der Waals surface area contributed by atoms with Crippen LogP contribution in [0.3, 0.4) is 0 Å². The van der Waals surface area contributed by atoms with E-state index in [1.54, 1.807) is 18.3 Å². The van der Waals surface area contributed by atoms with E-state index < -0.39 is 10.9 Å². The Balaban J connectivity index is 1.51. The van der Waals surface area contributed by atoms with Gasteiger partial charge in [-0.1, -0.05) is 47.6 Å². The van der Waals surface area contributed by atoms with Gasteiger partial charge >= 0.3 is 5.97 Å². The van der Waals surface area contributed by atoms with Crippen molar-refractivity contribution in [1.82, 2.24) is 4.90 Å². The van der Waals surface area contributed by atoms with Gasteiger partial charge in [0.2, 0.25) is 0 Å². The molecular weight excluding hydrogens is 358 g/mol. The van der Waals surface area contributed by atoms with E-state index >= 15 is 0 Å². The van der Waals surface area contributed by atoms with Gasteiger partial charge in [0, 0.05) is 37.0 Å². The molecule has 0 radical (unpaired) electrons. The molecule has 2 aromatic carbocycles. The zero-order valence-electron chi connectivity index (χ0n) is 15.2. The maximum absolute atomic E-state index is 12.2. The molecule has 7 heteroatoms. The summed E-state index contributed by atoms with van der Waals surface area (Å²) in [5, 5.41) is 14.9. The number of hydrogen-bond acceptors (Lipinski definition) is 6. The van der Waals surface area contributed by atoms with Crippen molar-refractivity contribution in [2.45, 2.75) is 18.8 Å². The van der Waals surface area contributed by atoms with E-state index in [-0.39, 0.29) is 5.69 Å². The minimum atomic E-state index is -0.535. The summed E-state index contributed by atoms with van der Waals surface area (Å²) in [6, 6.07) is 16.5. The first-order chi connectivity index (χ1) is 13.6. The van der Waals surface area contributed by atoms with Gasteiger partial charge in [0.15, 0.2) is 0 Å². The summed E-state index contributed by atoms with van der Waals surface area (Å²) >= 11 is 0. The molecule has 0 unspecified atom stereocenters. The first-order valence-corrected chi connectivity index (χ1v) is 9.17. The quantitative estimate of drug-likeness (QED) is 0.352. The SMILES string of the molecule is O=C1ON=C(c2cccc([N+](=O)[O-])c2)/C1=C/N1CCC(c2ccccc2)CC1. The van der Waals surface area contributed by atoms with E-state index in [1.807, 2.05) is 6.07 Å². The van der Waals surface area contributed by atoms with Crippen LogP contribution in [-0.4, -0.2) is 34.6 Å². The highest BCUT2D eigenvalue weighted by molar-refractivity contribution is 6.28. The number of non-ortho nitro benzene ring substituents is 1. The van der Waals surface area contributed by atoms with Crippen molar-refractivity contribution in [3.05, 3.63) is 87.6 Å². The first kappa shape index (κ1) is 17.9. The monoisotopic (exact) mass is 377 g/mol. The average molecular weight is 377 g/mol. The molecule has 0 aromatic heterocycles. The van der Waals surface area contributed by atoms with Crippen molar-refractivity contribution < 1.29 is 14.6 Å². The van der Waals surface area contributed by atoms with Crippen molar-refractivity contribution >= 4 is 17.4 Å². The highest BCUT2D eigenvalue weighted by Gasteiger charge is 2.29. The van der Waals surface area contributed by atoms with Gasteiger partial charge in [-0.25, -0.2) is 4.79 Å². The lowest BCUT2D eigenvalue weighted by molar-refractivity contribution is -0.384. The van der Waals surface area contributed by atoms with Crippen molar-refractivity contribution in [3.8, 4) is 0 Å². The van der Waals surface area contributed by atoms with Crippen LogP contribution in [0.5, 0.6) is 0 Å². The number of nitro groups is 1. The fourth-order valence-corrected chi connectivity index (χ4v) is 3.64. The summed E-state index contributed by atoms with van der Waals surface area (Å²) in [6.07, 6.45) is 3.76. The van der Waals surface area contributed by atoms with Crippen LogP contribution < -0.4 is 0 Å². The molecule has 142 valence electrons. The molecule has 0 atom stereocenters. The number of hydrogen-bond donors (Lipinski definition) is 0. The summed E-state index contributed by atoms with van der Waals surface area (Å²) in [6.45, 7) is 1.64. The number of rotatable bonds is 4. The Morgan fingerprint density at radius 1 is 1.11 bits per heavy atom. The number of carbonyl (C=O) groups is 1. The molecule has 2 aromatic rings. The van der Waals surface area contributed by atoms with E-state index in [2.05, 4.69) is 34.3 Å². The predicted molar refractivity (Wildman–Crippen MR) is 104 cm³/mol. The van der Waals surface area contributed by atoms with E-state index in [9.17, 15) is 14.9 Å². The number of piperidine rings is 1. The second kappa shape index (κ2) is 7.64. The summed E-state index contributed by atoms with van der Waals surface area (Å²) in [7, 11) is 0. The highest BCUT2D eigenvalue weighted by atomic mass is 16.7. The van der Waals surface area contributed by atoms with E-state index in [4.69, 9.17) is 4.84 Å². The normalized spacial score (nSPS) is 18.9. The van der Waals surface area contributed by atoms with Crippen LogP contribution in [0.25, 0.3) is 0 Å². The smallest absolute Gasteiger partial charge is 0.369 e. The molecule has 2 heterocycles. The van der Waals surface area contributed by atoms with Crippen LogP contribution in [0.4, 0.5) is 5.69 Å². The molecule has 7 nitrogen and oxygen atoms in total. The van der Waals surface area contributed by atoms with Crippen LogP contribution in [-0.2, 0) is 9.63 Å². The van der Waals surface area contributed by atoms with Crippen molar-refractivity contribution in [2.24, 2.45) is 5.16 Å². The van der Waals surface area contributed by atoms with E-state index in [0.717, 1.165) is 25.9 Å². The van der Waals surface area contributed by atoms with Gasteiger partial charge in [-0.15, -0.1) is 0 Å². The van der Waals surface area contributed by atoms with Gasteiger partial charge in [-0.05, 0) is 24.3 Å². The predicted octanol–water partition coefficient (Wildman–Crippen LogP) is 3.62. The molecule has 2 aliphatic heterocycles. The third-order valence-electron chi connectivity index (χ3n) is 5.14. The lowest BCUT2D eigenvalue weighted by Gasteiger charge is -2.31. The van der Waals surface area contributed by atoms with Gasteiger partial charge in [0.25, 0.3) is 5.69 Å². The molecule has 28 heavy (non-hydrogen) atoms. The Morgan fingerprint density at radius 2 is 1.86 bits per heavy atom. The molecule has 4 rings (SSSR count). The molecule has 0 saturated carbocycles. The summed E-state index contributed by atoms with van der Waals surface area (Å²) in [5.41, 5.74) is 2.44. The average Bonchev–Trinajstić information content (AvgIpc) is 3.09. The maximum atomic E-state index is 12.2. The largest absolute Gasteiger partial charge is 0.377 e. The van der Waals surface area contributed by atoms with Crippen LogP contribution in [0.15, 0.2) is 71.5 Å². The Kier molecular flexibility index (Phi) is 4.89. The number of nitrogens with zero attached hydrogens (tertiary/aromatic N) is 3. The topological polar surface area (TPSA) is 85.0 Å². The van der Waals surface area contributed by atoms with Crippen LogP contribution in [0.1, 0.15) is 29.9 Å². The van der Waals surface area contributed by atoms with Gasteiger partial charge in [0.1, 0.15) is 11.3 Å². The van der Waals surface area contributed by atoms with E-state index in [0.29, 0.717) is 22.8 Å². The summed E-state index contributed by atoms with van der Waals surface area (Å²) < 4.78 is 0. The second-order valence-electron chi connectivity index (χ2n) is 6.89. The lowest BCUT2D eigenvalue weighted by atomic mass is 9.89. The van der Waals surface area contributed by atoms with Crippen LogP contribution in [0, 0.1) is 10.1 Å². The molecule has 2 aliphatic rings. The fraction of sp³-hybridized carbons (Fsp3) is 0.238. The molecule has 0 amide bonds. The highest BCUT2D eigenvalue weighted by Crippen LogP contribution is 2.29.